The predicted molar refractivity (Wildman–Crippen MR) is 116 cm³/mol. The first-order valence-electron chi connectivity index (χ1n) is 9.99. The van der Waals surface area contributed by atoms with Gasteiger partial charge in [0.15, 0.2) is 0 Å². The van der Waals surface area contributed by atoms with Gasteiger partial charge in [0, 0.05) is 17.7 Å². The van der Waals surface area contributed by atoms with Crippen LogP contribution in [0.2, 0.25) is 0 Å². The van der Waals surface area contributed by atoms with Gasteiger partial charge in [-0.2, -0.15) is 5.26 Å². The minimum absolute atomic E-state index is 0.0841. The van der Waals surface area contributed by atoms with Crippen molar-refractivity contribution in [2.24, 2.45) is 5.92 Å². The average Bonchev–Trinajstić information content (AvgIpc) is 3.62. The van der Waals surface area contributed by atoms with Crippen LogP contribution < -0.4 is 4.90 Å². The van der Waals surface area contributed by atoms with Gasteiger partial charge in [0.05, 0.1) is 23.1 Å². The summed E-state index contributed by atoms with van der Waals surface area (Å²) in [7, 11) is 0. The largest absolute Gasteiger partial charge is 0.314 e. The van der Waals surface area contributed by atoms with Gasteiger partial charge in [-0.05, 0) is 48.6 Å². The molecule has 0 unspecified atom stereocenters. The number of rotatable bonds is 6. The fourth-order valence-corrected chi connectivity index (χ4v) is 3.57. The normalized spacial score (nSPS) is 12.8. The summed E-state index contributed by atoms with van der Waals surface area (Å²) in [5, 5.41) is 21.0. The van der Waals surface area contributed by atoms with Gasteiger partial charge in [-0.3, -0.25) is 19.8 Å². The summed E-state index contributed by atoms with van der Waals surface area (Å²) in [6, 6.07) is 18.6. The van der Waals surface area contributed by atoms with Gasteiger partial charge in [0.2, 0.25) is 11.7 Å². The molecule has 7 heteroatoms. The van der Waals surface area contributed by atoms with Crippen molar-refractivity contribution < 1.29 is 9.72 Å². The second-order valence-electron chi connectivity index (χ2n) is 7.61. The van der Waals surface area contributed by atoms with Gasteiger partial charge >= 0.3 is 5.69 Å². The number of nitriles is 1. The van der Waals surface area contributed by atoms with Crippen LogP contribution in [-0.2, 0) is 11.3 Å². The monoisotopic (exact) mass is 412 g/mol. The molecule has 0 saturated heterocycles. The molecule has 1 heterocycles. The number of carbonyl (C=O) groups excluding carboxylic acids is 1. The SMILES string of the molecule is Cc1ccnc(N(Cc2ccc(-c3ccccc3C#N)cc2)C(=O)C2CC2)c1[N+](=O)[O-]. The van der Waals surface area contributed by atoms with Crippen molar-refractivity contribution in [3.63, 3.8) is 0 Å². The Balaban J connectivity index is 1.68. The maximum atomic E-state index is 13.0. The van der Waals surface area contributed by atoms with E-state index in [0.717, 1.165) is 29.5 Å². The molecule has 1 saturated carbocycles. The molecule has 0 aliphatic heterocycles. The van der Waals surface area contributed by atoms with E-state index in [1.165, 1.54) is 11.1 Å². The quantitative estimate of drug-likeness (QED) is 0.428. The lowest BCUT2D eigenvalue weighted by atomic mass is 9.99. The summed E-state index contributed by atoms with van der Waals surface area (Å²) < 4.78 is 0. The lowest BCUT2D eigenvalue weighted by Crippen LogP contribution is -2.33. The van der Waals surface area contributed by atoms with Crippen LogP contribution in [0.4, 0.5) is 11.5 Å². The zero-order valence-electron chi connectivity index (χ0n) is 17.0. The first-order valence-corrected chi connectivity index (χ1v) is 9.99. The maximum Gasteiger partial charge on any atom is 0.314 e. The molecule has 2 aromatic carbocycles. The Morgan fingerprint density at radius 1 is 1.19 bits per heavy atom. The van der Waals surface area contributed by atoms with Crippen molar-refractivity contribution in [2.45, 2.75) is 26.3 Å². The highest BCUT2D eigenvalue weighted by atomic mass is 16.6. The standard InChI is InChI=1S/C24H20N4O3/c1-16-12-13-26-23(22(16)28(30)31)27(24(29)19-10-11-19)15-17-6-8-18(9-7-17)21-5-3-2-4-20(21)14-25/h2-9,12-13,19H,10-11,15H2,1H3. The van der Waals surface area contributed by atoms with E-state index in [4.69, 9.17) is 0 Å². The van der Waals surface area contributed by atoms with Crippen LogP contribution >= 0.6 is 0 Å². The second-order valence-corrected chi connectivity index (χ2v) is 7.61. The summed E-state index contributed by atoms with van der Waals surface area (Å²) in [5.41, 5.74) is 3.45. The molecule has 31 heavy (non-hydrogen) atoms. The fourth-order valence-electron chi connectivity index (χ4n) is 3.57. The maximum absolute atomic E-state index is 13.0. The Morgan fingerprint density at radius 3 is 2.55 bits per heavy atom. The molecule has 0 radical (unpaired) electrons. The van der Waals surface area contributed by atoms with Crippen molar-refractivity contribution in [1.82, 2.24) is 4.98 Å². The predicted octanol–water partition coefficient (Wildman–Crippen LogP) is 4.78. The number of hydrogen-bond acceptors (Lipinski definition) is 5. The van der Waals surface area contributed by atoms with Crippen LogP contribution in [0.15, 0.2) is 60.8 Å². The number of nitrogens with zero attached hydrogens (tertiary/aromatic N) is 4. The molecular formula is C24H20N4O3. The third-order valence-electron chi connectivity index (χ3n) is 5.39. The summed E-state index contributed by atoms with van der Waals surface area (Å²) in [5.74, 6) is -0.162. The fraction of sp³-hybridized carbons (Fsp3) is 0.208. The molecule has 0 atom stereocenters. The molecule has 1 fully saturated rings. The molecule has 4 rings (SSSR count). The van der Waals surface area contributed by atoms with E-state index in [1.54, 1.807) is 19.1 Å². The van der Waals surface area contributed by atoms with Crippen LogP contribution in [0.25, 0.3) is 11.1 Å². The van der Waals surface area contributed by atoms with Crippen LogP contribution in [0.5, 0.6) is 0 Å². The van der Waals surface area contributed by atoms with Gasteiger partial charge in [-0.1, -0.05) is 42.5 Å². The lowest BCUT2D eigenvalue weighted by Gasteiger charge is -2.22. The minimum Gasteiger partial charge on any atom is -0.286 e. The molecule has 7 nitrogen and oxygen atoms in total. The van der Waals surface area contributed by atoms with E-state index in [0.29, 0.717) is 11.1 Å². The number of pyridine rings is 1. The number of amides is 1. The van der Waals surface area contributed by atoms with Gasteiger partial charge in [-0.25, -0.2) is 4.98 Å². The number of anilines is 1. The molecular weight excluding hydrogens is 392 g/mol. The van der Waals surface area contributed by atoms with Gasteiger partial charge in [0.1, 0.15) is 0 Å². The Bertz CT molecular complexity index is 1190. The summed E-state index contributed by atoms with van der Waals surface area (Å²) in [6.45, 7) is 1.83. The molecule has 154 valence electrons. The first kappa shape index (κ1) is 20.2. The third kappa shape index (κ3) is 4.14. The topological polar surface area (TPSA) is 100 Å². The summed E-state index contributed by atoms with van der Waals surface area (Å²) in [4.78, 5) is 29.8. The zero-order chi connectivity index (χ0) is 22.0. The minimum atomic E-state index is -0.479. The Hall–Kier alpha value is -4.05. The molecule has 0 N–H and O–H groups in total. The number of benzene rings is 2. The summed E-state index contributed by atoms with van der Waals surface area (Å²) >= 11 is 0. The van der Waals surface area contributed by atoms with Crippen molar-refractivity contribution >= 4 is 17.4 Å². The van der Waals surface area contributed by atoms with Crippen molar-refractivity contribution in [1.29, 1.82) is 5.26 Å². The molecule has 1 aromatic heterocycles. The van der Waals surface area contributed by atoms with E-state index in [1.807, 2.05) is 42.5 Å². The highest BCUT2D eigenvalue weighted by molar-refractivity contribution is 5.97. The van der Waals surface area contributed by atoms with E-state index < -0.39 is 4.92 Å². The van der Waals surface area contributed by atoms with Crippen molar-refractivity contribution in [3.05, 3.63) is 87.6 Å². The van der Waals surface area contributed by atoms with Crippen molar-refractivity contribution in [2.75, 3.05) is 4.90 Å². The van der Waals surface area contributed by atoms with Gasteiger partial charge in [0.25, 0.3) is 0 Å². The number of aryl methyl sites for hydroxylation is 1. The van der Waals surface area contributed by atoms with E-state index >= 15 is 0 Å². The average molecular weight is 412 g/mol. The van der Waals surface area contributed by atoms with Crippen LogP contribution in [0, 0.1) is 34.3 Å². The second kappa shape index (κ2) is 8.36. The zero-order valence-corrected chi connectivity index (χ0v) is 17.0. The number of hydrogen-bond donors (Lipinski definition) is 0. The van der Waals surface area contributed by atoms with Crippen LogP contribution in [0.1, 0.15) is 29.5 Å². The Kier molecular flexibility index (Phi) is 5.46. The van der Waals surface area contributed by atoms with E-state index in [9.17, 15) is 20.2 Å². The summed E-state index contributed by atoms with van der Waals surface area (Å²) in [6.07, 6.45) is 3.07. The number of carbonyl (C=O) groups is 1. The Morgan fingerprint density at radius 2 is 1.90 bits per heavy atom. The van der Waals surface area contributed by atoms with E-state index in [2.05, 4.69) is 11.1 Å². The molecule has 0 bridgehead atoms. The Labute approximate surface area is 179 Å². The third-order valence-corrected chi connectivity index (χ3v) is 5.39. The van der Waals surface area contributed by atoms with E-state index in [-0.39, 0.29) is 29.9 Å². The molecule has 1 aliphatic carbocycles. The molecule has 1 amide bonds. The molecule has 3 aromatic rings. The molecule has 0 spiro atoms. The highest BCUT2D eigenvalue weighted by Gasteiger charge is 2.37. The number of aromatic nitrogens is 1. The van der Waals surface area contributed by atoms with Gasteiger partial charge in [-0.15, -0.1) is 0 Å². The molecule has 1 aliphatic rings. The number of nitro groups is 1. The smallest absolute Gasteiger partial charge is 0.286 e. The highest BCUT2D eigenvalue weighted by Crippen LogP contribution is 2.37. The lowest BCUT2D eigenvalue weighted by molar-refractivity contribution is -0.384. The van der Waals surface area contributed by atoms with Crippen molar-refractivity contribution in [3.8, 4) is 17.2 Å². The van der Waals surface area contributed by atoms with Crippen LogP contribution in [-0.4, -0.2) is 15.8 Å². The van der Waals surface area contributed by atoms with Gasteiger partial charge < -0.3 is 0 Å². The van der Waals surface area contributed by atoms with Crippen LogP contribution in [0.3, 0.4) is 0 Å². The first-order chi connectivity index (χ1) is 15.0.